The van der Waals surface area contributed by atoms with E-state index in [9.17, 15) is 10.1 Å². The van der Waals surface area contributed by atoms with E-state index < -0.39 is 0 Å². The van der Waals surface area contributed by atoms with E-state index in [1.807, 2.05) is 44.4 Å². The van der Waals surface area contributed by atoms with Gasteiger partial charge in [0, 0.05) is 10.9 Å². The van der Waals surface area contributed by atoms with Gasteiger partial charge in [0.15, 0.2) is 11.5 Å². The van der Waals surface area contributed by atoms with Crippen molar-refractivity contribution in [1.82, 2.24) is 14.8 Å². The minimum Gasteiger partial charge on any atom is -0.493 e. The number of hydrogen-bond acceptors (Lipinski definition) is 7. The van der Waals surface area contributed by atoms with E-state index in [2.05, 4.69) is 16.2 Å². The molecule has 30 heavy (non-hydrogen) atoms. The van der Waals surface area contributed by atoms with Gasteiger partial charge in [0.1, 0.15) is 16.6 Å². The summed E-state index contributed by atoms with van der Waals surface area (Å²) in [5.41, 5.74) is 2.94. The van der Waals surface area contributed by atoms with Crippen LogP contribution in [-0.2, 0) is 19.4 Å². The predicted molar refractivity (Wildman–Crippen MR) is 116 cm³/mol. The molecule has 0 unspecified atom stereocenters. The number of rotatable bonds is 8. The molecule has 0 saturated carbocycles. The Labute approximate surface area is 179 Å². The van der Waals surface area contributed by atoms with Crippen LogP contribution in [0.1, 0.15) is 43.3 Å². The molecule has 0 amide bonds. The first-order chi connectivity index (χ1) is 14.6. The number of aromatic nitrogens is 3. The molecule has 3 aromatic rings. The molecule has 0 aliphatic heterocycles. The van der Waals surface area contributed by atoms with Gasteiger partial charge in [-0.15, -0.1) is 11.3 Å². The summed E-state index contributed by atoms with van der Waals surface area (Å²) in [6.45, 7) is 6.59. The lowest BCUT2D eigenvalue weighted by Crippen LogP contribution is -2.29. The van der Waals surface area contributed by atoms with Crippen molar-refractivity contribution in [3.8, 4) is 28.1 Å². The van der Waals surface area contributed by atoms with Crippen LogP contribution >= 0.6 is 11.3 Å². The lowest BCUT2D eigenvalue weighted by molar-refractivity contribution is 0.311. The van der Waals surface area contributed by atoms with Gasteiger partial charge in [-0.05, 0) is 43.5 Å². The highest BCUT2D eigenvalue weighted by Gasteiger charge is 2.16. The summed E-state index contributed by atoms with van der Waals surface area (Å²) in [6, 6.07) is 7.74. The second-order valence-corrected chi connectivity index (χ2v) is 7.38. The lowest BCUT2D eigenvalue weighted by atomic mass is 10.0. The summed E-state index contributed by atoms with van der Waals surface area (Å²) >= 11 is 1.48. The molecule has 1 aromatic carbocycles. The Hall–Kier alpha value is -3.18. The molecule has 0 atom stereocenters. The number of nitriles is 1. The van der Waals surface area contributed by atoms with Crippen LogP contribution in [-0.4, -0.2) is 28.5 Å². The van der Waals surface area contributed by atoms with Gasteiger partial charge in [0.05, 0.1) is 31.6 Å². The first-order valence-corrected chi connectivity index (χ1v) is 10.7. The molecule has 8 heteroatoms. The predicted octanol–water partition coefficient (Wildman–Crippen LogP) is 3.82. The Kier molecular flexibility index (Phi) is 6.85. The zero-order valence-corrected chi connectivity index (χ0v) is 18.4. The third-order valence-electron chi connectivity index (χ3n) is 4.71. The van der Waals surface area contributed by atoms with Gasteiger partial charge in [0.25, 0.3) is 5.56 Å². The average molecular weight is 425 g/mol. The largest absolute Gasteiger partial charge is 0.493 e. The molecule has 0 bridgehead atoms. The zero-order valence-electron chi connectivity index (χ0n) is 17.6. The number of hydrogen-bond donors (Lipinski definition) is 0. The minimum absolute atomic E-state index is 0.177. The van der Waals surface area contributed by atoms with Crippen molar-refractivity contribution >= 4 is 11.3 Å². The molecule has 7 nitrogen and oxygen atoms in total. The second kappa shape index (κ2) is 9.55. The van der Waals surface area contributed by atoms with Gasteiger partial charge >= 0.3 is 0 Å². The molecule has 0 aliphatic carbocycles. The summed E-state index contributed by atoms with van der Waals surface area (Å²) in [4.78, 5) is 17.4. The number of methoxy groups -OCH3 is 1. The highest BCUT2D eigenvalue weighted by molar-refractivity contribution is 7.13. The molecule has 0 saturated heterocycles. The van der Waals surface area contributed by atoms with Crippen molar-refractivity contribution in [2.24, 2.45) is 0 Å². The normalized spacial score (nSPS) is 10.6. The molecular weight excluding hydrogens is 400 g/mol. The quantitative estimate of drug-likeness (QED) is 0.546. The topological polar surface area (TPSA) is 90.0 Å². The van der Waals surface area contributed by atoms with E-state index in [0.717, 1.165) is 21.8 Å². The third kappa shape index (κ3) is 4.21. The third-order valence-corrected chi connectivity index (χ3v) is 5.65. The Morgan fingerprint density at radius 3 is 2.63 bits per heavy atom. The van der Waals surface area contributed by atoms with Crippen LogP contribution in [0.2, 0.25) is 0 Å². The molecule has 0 radical (unpaired) electrons. The second-order valence-electron chi connectivity index (χ2n) is 6.52. The van der Waals surface area contributed by atoms with E-state index in [0.29, 0.717) is 36.6 Å². The molecule has 2 heterocycles. The van der Waals surface area contributed by atoms with Crippen molar-refractivity contribution in [2.75, 3.05) is 13.7 Å². The van der Waals surface area contributed by atoms with Gasteiger partial charge < -0.3 is 9.47 Å². The van der Waals surface area contributed by atoms with Crippen LogP contribution in [0.3, 0.4) is 0 Å². The van der Waals surface area contributed by atoms with Crippen LogP contribution in [0.5, 0.6) is 11.5 Å². The Bertz CT molecular complexity index is 1140. The molecule has 0 fully saturated rings. The fourth-order valence-electron chi connectivity index (χ4n) is 3.28. The molecular formula is C22H24N4O3S. The van der Waals surface area contributed by atoms with Gasteiger partial charge in [0.2, 0.25) is 0 Å². The number of thiazole rings is 1. The number of nitrogens with zero attached hydrogens (tertiary/aromatic N) is 4. The molecule has 0 N–H and O–H groups in total. The van der Waals surface area contributed by atoms with Crippen LogP contribution in [0.4, 0.5) is 0 Å². The number of benzene rings is 1. The summed E-state index contributed by atoms with van der Waals surface area (Å²) in [5, 5.41) is 16.7. The standard InChI is InChI=1S/C22H24N4O3S/c1-5-16-17(11-23)22(27)26(25-18(16)6-2)12-15-13-30-21(24-15)14-8-9-19(29-7-3)20(10-14)28-4/h8-10,13H,5-7,12H2,1-4H3. The highest BCUT2D eigenvalue weighted by atomic mass is 32.1. The molecule has 2 aromatic heterocycles. The van der Waals surface area contributed by atoms with E-state index in [4.69, 9.17) is 9.47 Å². The number of aryl methyl sites for hydroxylation is 1. The van der Waals surface area contributed by atoms with E-state index in [-0.39, 0.29) is 17.7 Å². The summed E-state index contributed by atoms with van der Waals surface area (Å²) in [6.07, 6.45) is 1.27. The zero-order chi connectivity index (χ0) is 21.7. The van der Waals surface area contributed by atoms with Gasteiger partial charge in [-0.25, -0.2) is 9.67 Å². The van der Waals surface area contributed by atoms with Gasteiger partial charge in [-0.1, -0.05) is 13.8 Å². The molecule has 0 spiro atoms. The van der Waals surface area contributed by atoms with Gasteiger partial charge in [-0.3, -0.25) is 4.79 Å². The minimum atomic E-state index is -0.371. The Morgan fingerprint density at radius 2 is 2.00 bits per heavy atom. The maximum atomic E-state index is 12.7. The van der Waals surface area contributed by atoms with Crippen molar-refractivity contribution in [2.45, 2.75) is 40.2 Å². The Balaban J connectivity index is 1.93. The maximum absolute atomic E-state index is 12.7. The summed E-state index contributed by atoms with van der Waals surface area (Å²) in [7, 11) is 1.60. The maximum Gasteiger partial charge on any atom is 0.285 e. The van der Waals surface area contributed by atoms with Crippen molar-refractivity contribution in [3.05, 3.63) is 56.4 Å². The van der Waals surface area contributed by atoms with Crippen LogP contribution in [0, 0.1) is 11.3 Å². The lowest BCUT2D eigenvalue weighted by Gasteiger charge is -2.11. The molecule has 3 rings (SSSR count). The highest BCUT2D eigenvalue weighted by Crippen LogP contribution is 2.33. The van der Waals surface area contributed by atoms with Crippen molar-refractivity contribution < 1.29 is 9.47 Å². The van der Waals surface area contributed by atoms with Crippen molar-refractivity contribution in [1.29, 1.82) is 5.26 Å². The Morgan fingerprint density at radius 1 is 1.20 bits per heavy atom. The van der Waals surface area contributed by atoms with E-state index >= 15 is 0 Å². The van der Waals surface area contributed by atoms with Crippen LogP contribution < -0.4 is 15.0 Å². The monoisotopic (exact) mass is 424 g/mol. The molecule has 0 aliphatic rings. The first kappa shape index (κ1) is 21.5. The first-order valence-electron chi connectivity index (χ1n) is 9.84. The fourth-order valence-corrected chi connectivity index (χ4v) is 4.09. The average Bonchev–Trinajstić information content (AvgIpc) is 3.23. The fraction of sp³-hybridized carbons (Fsp3) is 0.364. The summed E-state index contributed by atoms with van der Waals surface area (Å²) < 4.78 is 12.3. The van der Waals surface area contributed by atoms with Crippen LogP contribution in [0.25, 0.3) is 10.6 Å². The van der Waals surface area contributed by atoms with E-state index in [1.165, 1.54) is 16.0 Å². The van der Waals surface area contributed by atoms with Gasteiger partial charge in [-0.2, -0.15) is 10.4 Å². The number of ether oxygens (including phenoxy) is 2. The van der Waals surface area contributed by atoms with Crippen LogP contribution in [0.15, 0.2) is 28.4 Å². The molecule has 156 valence electrons. The summed E-state index contributed by atoms with van der Waals surface area (Å²) in [5.74, 6) is 1.33. The van der Waals surface area contributed by atoms with Crippen molar-refractivity contribution in [3.63, 3.8) is 0 Å². The van der Waals surface area contributed by atoms with E-state index in [1.54, 1.807) is 7.11 Å². The SMILES string of the molecule is CCOc1ccc(-c2nc(Cn3nc(CC)c(CC)c(C#N)c3=O)cs2)cc1OC. The smallest absolute Gasteiger partial charge is 0.285 e.